The van der Waals surface area contributed by atoms with Gasteiger partial charge in [0.05, 0.1) is 6.61 Å². The summed E-state index contributed by atoms with van der Waals surface area (Å²) in [5.74, 6) is 1.70. The summed E-state index contributed by atoms with van der Waals surface area (Å²) >= 11 is 0. The summed E-state index contributed by atoms with van der Waals surface area (Å²) in [6, 6.07) is 8.12. The molecule has 0 radical (unpaired) electrons. The highest BCUT2D eigenvalue weighted by Gasteiger charge is 2.03. The van der Waals surface area contributed by atoms with Crippen LogP contribution in [0, 0.1) is 0 Å². The largest absolute Gasteiger partial charge is 0.494 e. The van der Waals surface area contributed by atoms with E-state index in [1.54, 1.807) is 0 Å². The van der Waals surface area contributed by atoms with Gasteiger partial charge in [-0.2, -0.15) is 0 Å². The summed E-state index contributed by atoms with van der Waals surface area (Å²) in [6.07, 6.45) is 23.4. The number of benzene rings is 1. The van der Waals surface area contributed by atoms with E-state index >= 15 is 0 Å². The van der Waals surface area contributed by atoms with Crippen molar-refractivity contribution >= 4 is 0 Å². The molecule has 0 unspecified atom stereocenters. The number of ether oxygens (including phenoxy) is 1. The van der Waals surface area contributed by atoms with Crippen LogP contribution in [0.4, 0.5) is 0 Å². The van der Waals surface area contributed by atoms with Crippen molar-refractivity contribution in [2.45, 2.75) is 90.9 Å². The Morgan fingerprint density at radius 3 is 2.17 bits per heavy atom. The van der Waals surface area contributed by atoms with Gasteiger partial charge in [-0.25, -0.2) is 9.97 Å². The van der Waals surface area contributed by atoms with Crippen LogP contribution in [-0.4, -0.2) is 16.6 Å². The van der Waals surface area contributed by atoms with Crippen molar-refractivity contribution in [3.8, 4) is 17.1 Å². The fourth-order valence-electron chi connectivity index (χ4n) is 3.46. The normalized spacial score (nSPS) is 11.3. The Labute approximate surface area is 184 Å². The maximum Gasteiger partial charge on any atom is 0.159 e. The molecule has 0 aliphatic heterocycles. The Balaban J connectivity index is 1.67. The number of aryl methyl sites for hydroxylation is 1. The smallest absolute Gasteiger partial charge is 0.159 e. The molecule has 0 amide bonds. The van der Waals surface area contributed by atoms with Crippen molar-refractivity contribution in [1.29, 1.82) is 0 Å². The first kappa shape index (κ1) is 24.1. The van der Waals surface area contributed by atoms with Crippen LogP contribution in [0.15, 0.2) is 48.8 Å². The zero-order valence-electron chi connectivity index (χ0n) is 19.1. The topological polar surface area (TPSA) is 35.0 Å². The maximum atomic E-state index is 5.84. The molecule has 0 atom stereocenters. The van der Waals surface area contributed by atoms with Crippen molar-refractivity contribution in [1.82, 2.24) is 9.97 Å². The Hall–Kier alpha value is -2.16. The zero-order valence-corrected chi connectivity index (χ0v) is 19.1. The van der Waals surface area contributed by atoms with Crippen molar-refractivity contribution in [3.05, 3.63) is 54.4 Å². The molecule has 2 aromatic rings. The summed E-state index contributed by atoms with van der Waals surface area (Å²) in [4.78, 5) is 9.14. The van der Waals surface area contributed by atoms with Crippen LogP contribution < -0.4 is 4.74 Å². The van der Waals surface area contributed by atoms with Gasteiger partial charge in [-0.3, -0.25) is 0 Å². The highest BCUT2D eigenvalue weighted by atomic mass is 16.5. The highest BCUT2D eigenvalue weighted by molar-refractivity contribution is 5.55. The molecule has 2 rings (SSSR count). The molecule has 1 aromatic heterocycles. The van der Waals surface area contributed by atoms with E-state index in [2.05, 4.69) is 36.0 Å². The van der Waals surface area contributed by atoms with E-state index < -0.39 is 0 Å². The van der Waals surface area contributed by atoms with E-state index in [9.17, 15) is 0 Å². The summed E-state index contributed by atoms with van der Waals surface area (Å²) < 4.78 is 5.84. The molecular weight excluding hydrogens is 368 g/mol. The van der Waals surface area contributed by atoms with Gasteiger partial charge < -0.3 is 4.74 Å². The second-order valence-electron chi connectivity index (χ2n) is 8.03. The van der Waals surface area contributed by atoms with Gasteiger partial charge in [0, 0.05) is 18.0 Å². The van der Waals surface area contributed by atoms with E-state index in [0.29, 0.717) is 0 Å². The van der Waals surface area contributed by atoms with Gasteiger partial charge in [0.2, 0.25) is 0 Å². The van der Waals surface area contributed by atoms with E-state index in [1.807, 2.05) is 36.7 Å². The number of hydrogen-bond donors (Lipinski definition) is 0. The molecule has 0 spiro atoms. The van der Waals surface area contributed by atoms with Gasteiger partial charge >= 0.3 is 0 Å². The monoisotopic (exact) mass is 408 g/mol. The van der Waals surface area contributed by atoms with Crippen LogP contribution in [0.2, 0.25) is 0 Å². The van der Waals surface area contributed by atoms with E-state index in [1.165, 1.54) is 56.9 Å². The quantitative estimate of drug-likeness (QED) is 0.209. The lowest BCUT2D eigenvalue weighted by atomic mass is 10.1. The molecule has 3 nitrogen and oxygen atoms in total. The average Bonchev–Trinajstić information content (AvgIpc) is 2.79. The summed E-state index contributed by atoms with van der Waals surface area (Å²) in [5.41, 5.74) is 2.27. The van der Waals surface area contributed by atoms with E-state index in [4.69, 9.17) is 4.74 Å². The van der Waals surface area contributed by atoms with Crippen LogP contribution in [-0.2, 0) is 6.42 Å². The SMILES string of the molecule is CCC=CCCCCOc1ccc(-c2ncc(CCCCCCCCC)cn2)cc1. The molecule has 0 bridgehead atoms. The molecule has 1 aromatic carbocycles. The molecule has 1 heterocycles. The molecule has 30 heavy (non-hydrogen) atoms. The maximum absolute atomic E-state index is 5.84. The van der Waals surface area contributed by atoms with Crippen LogP contribution in [0.5, 0.6) is 5.75 Å². The van der Waals surface area contributed by atoms with Gasteiger partial charge in [-0.15, -0.1) is 0 Å². The molecule has 0 aliphatic carbocycles. The number of hydrogen-bond acceptors (Lipinski definition) is 3. The Morgan fingerprint density at radius 2 is 1.47 bits per heavy atom. The summed E-state index contributed by atoms with van der Waals surface area (Å²) in [7, 11) is 0. The fourth-order valence-corrected chi connectivity index (χ4v) is 3.46. The molecule has 0 aliphatic rings. The Morgan fingerprint density at radius 1 is 0.767 bits per heavy atom. The molecule has 0 saturated carbocycles. The van der Waals surface area contributed by atoms with Crippen LogP contribution >= 0.6 is 0 Å². The Kier molecular flexibility index (Phi) is 12.6. The standard InChI is InChI=1S/C27H40N2O/c1-3-5-7-9-11-12-14-16-24-22-28-27(29-23-24)25-17-19-26(20-18-25)30-21-15-13-10-8-6-4-2/h6,8,17-20,22-23H,3-5,7,9-16,21H2,1-2H3. The predicted octanol–water partition coefficient (Wildman–Crippen LogP) is 7.95. The van der Waals surface area contributed by atoms with Crippen molar-refractivity contribution in [3.63, 3.8) is 0 Å². The van der Waals surface area contributed by atoms with E-state index in [0.717, 1.165) is 49.4 Å². The molecule has 164 valence electrons. The molecule has 0 saturated heterocycles. The first-order chi connectivity index (χ1) is 14.8. The Bertz CT molecular complexity index is 692. The minimum Gasteiger partial charge on any atom is -0.494 e. The molecule has 0 fully saturated rings. The minimum atomic E-state index is 0.767. The lowest BCUT2D eigenvalue weighted by molar-refractivity contribution is 0.307. The number of aromatic nitrogens is 2. The van der Waals surface area contributed by atoms with Crippen molar-refractivity contribution in [2.75, 3.05) is 6.61 Å². The molecular formula is C27H40N2O. The van der Waals surface area contributed by atoms with E-state index in [-0.39, 0.29) is 0 Å². The highest BCUT2D eigenvalue weighted by Crippen LogP contribution is 2.20. The van der Waals surface area contributed by atoms with Crippen molar-refractivity contribution in [2.24, 2.45) is 0 Å². The van der Waals surface area contributed by atoms with Gasteiger partial charge in [0.1, 0.15) is 5.75 Å². The number of unbranched alkanes of at least 4 members (excludes halogenated alkanes) is 8. The first-order valence-corrected chi connectivity index (χ1v) is 12.0. The molecule has 3 heteroatoms. The predicted molar refractivity (Wildman–Crippen MR) is 128 cm³/mol. The van der Waals surface area contributed by atoms with Crippen LogP contribution in [0.1, 0.15) is 90.0 Å². The summed E-state index contributed by atoms with van der Waals surface area (Å²) in [6.45, 7) is 5.20. The first-order valence-electron chi connectivity index (χ1n) is 12.0. The number of allylic oxidation sites excluding steroid dienone is 2. The lowest BCUT2D eigenvalue weighted by Crippen LogP contribution is -1.97. The lowest BCUT2D eigenvalue weighted by Gasteiger charge is -2.07. The van der Waals surface area contributed by atoms with Crippen molar-refractivity contribution < 1.29 is 4.74 Å². The number of nitrogens with zero attached hydrogens (tertiary/aromatic N) is 2. The fraction of sp³-hybridized carbons (Fsp3) is 0.556. The van der Waals surface area contributed by atoms with Gasteiger partial charge in [-0.1, -0.05) is 64.5 Å². The van der Waals surface area contributed by atoms with Crippen LogP contribution in [0.3, 0.4) is 0 Å². The number of rotatable bonds is 16. The van der Waals surface area contributed by atoms with Gasteiger partial charge in [-0.05, 0) is 68.4 Å². The zero-order chi connectivity index (χ0) is 21.3. The third-order valence-corrected chi connectivity index (χ3v) is 5.32. The van der Waals surface area contributed by atoms with Gasteiger partial charge in [0.25, 0.3) is 0 Å². The second-order valence-corrected chi connectivity index (χ2v) is 8.03. The molecule has 0 N–H and O–H groups in total. The third kappa shape index (κ3) is 10.0. The summed E-state index contributed by atoms with van der Waals surface area (Å²) in [5, 5.41) is 0. The minimum absolute atomic E-state index is 0.767. The second kappa shape index (κ2) is 15.6. The van der Waals surface area contributed by atoms with Crippen LogP contribution in [0.25, 0.3) is 11.4 Å². The third-order valence-electron chi connectivity index (χ3n) is 5.32. The average molecular weight is 409 g/mol. The van der Waals surface area contributed by atoms with Gasteiger partial charge in [0.15, 0.2) is 5.82 Å².